The molecule has 0 aliphatic carbocycles. The van der Waals surface area contributed by atoms with Crippen LogP contribution in [-0.4, -0.2) is 24.3 Å². The summed E-state index contributed by atoms with van der Waals surface area (Å²) in [5, 5.41) is 3.50. The summed E-state index contributed by atoms with van der Waals surface area (Å²) in [4.78, 5) is 11.6. The van der Waals surface area contributed by atoms with Crippen molar-refractivity contribution in [2.24, 2.45) is 0 Å². The lowest BCUT2D eigenvalue weighted by Crippen LogP contribution is -2.05. The van der Waals surface area contributed by atoms with E-state index in [-0.39, 0.29) is 39.4 Å². The van der Waals surface area contributed by atoms with Gasteiger partial charge in [0.1, 0.15) is 10.8 Å². The number of alkyl halides is 2. The molecule has 22 heavy (non-hydrogen) atoms. The maximum absolute atomic E-state index is 12.1. The summed E-state index contributed by atoms with van der Waals surface area (Å²) in [5.74, 6) is -0.834. The first-order valence-electron chi connectivity index (χ1n) is 6.01. The Labute approximate surface area is 133 Å². The largest absolute Gasteiger partial charge is 0.461 e. The summed E-state index contributed by atoms with van der Waals surface area (Å²) < 4.78 is 38.3. The standard InChI is InChI=1S/C13H9Cl2F2NO4/c1-2-20-12(19)10-9(15)11(22-18-10)7-4-3-6(5-8(7)14)21-13(16)17/h3-5,13H,2H2,1H3. The minimum Gasteiger partial charge on any atom is -0.461 e. The Morgan fingerprint density at radius 2 is 2.14 bits per heavy atom. The van der Waals surface area contributed by atoms with Gasteiger partial charge in [-0.05, 0) is 25.1 Å². The lowest BCUT2D eigenvalue weighted by Gasteiger charge is -2.06. The molecule has 0 saturated heterocycles. The van der Waals surface area contributed by atoms with Crippen molar-refractivity contribution in [2.45, 2.75) is 13.5 Å². The van der Waals surface area contributed by atoms with E-state index in [1.807, 2.05) is 0 Å². The molecule has 5 nitrogen and oxygen atoms in total. The Balaban J connectivity index is 2.35. The minimum absolute atomic E-state index is 0.0262. The van der Waals surface area contributed by atoms with E-state index in [9.17, 15) is 13.6 Å². The van der Waals surface area contributed by atoms with Crippen LogP contribution >= 0.6 is 23.2 Å². The Hall–Kier alpha value is -1.86. The second-order valence-electron chi connectivity index (χ2n) is 3.91. The molecule has 1 heterocycles. The molecule has 0 amide bonds. The van der Waals surface area contributed by atoms with Crippen LogP contribution in [0.2, 0.25) is 10.0 Å². The van der Waals surface area contributed by atoms with Gasteiger partial charge in [-0.15, -0.1) is 0 Å². The lowest BCUT2D eigenvalue weighted by atomic mass is 10.1. The highest BCUT2D eigenvalue weighted by atomic mass is 35.5. The topological polar surface area (TPSA) is 61.6 Å². The molecule has 0 fully saturated rings. The number of aromatic nitrogens is 1. The van der Waals surface area contributed by atoms with E-state index < -0.39 is 12.6 Å². The third-order valence-electron chi connectivity index (χ3n) is 2.51. The number of carbonyl (C=O) groups excluding carboxylic acids is 1. The number of halogens is 4. The van der Waals surface area contributed by atoms with Gasteiger partial charge in [-0.3, -0.25) is 0 Å². The third-order valence-corrected chi connectivity index (χ3v) is 3.18. The van der Waals surface area contributed by atoms with Gasteiger partial charge in [-0.2, -0.15) is 8.78 Å². The highest BCUT2D eigenvalue weighted by Gasteiger charge is 2.24. The van der Waals surface area contributed by atoms with E-state index in [1.165, 1.54) is 18.2 Å². The van der Waals surface area contributed by atoms with Crippen LogP contribution in [0.15, 0.2) is 22.7 Å². The second kappa shape index (κ2) is 6.93. The fourth-order valence-electron chi connectivity index (χ4n) is 1.63. The fraction of sp³-hybridized carbons (Fsp3) is 0.231. The van der Waals surface area contributed by atoms with Gasteiger partial charge in [-0.1, -0.05) is 28.4 Å². The predicted molar refractivity (Wildman–Crippen MR) is 74.5 cm³/mol. The van der Waals surface area contributed by atoms with Crippen molar-refractivity contribution in [1.29, 1.82) is 0 Å². The van der Waals surface area contributed by atoms with E-state index in [2.05, 4.69) is 9.89 Å². The number of rotatable bonds is 5. The zero-order chi connectivity index (χ0) is 16.3. The van der Waals surface area contributed by atoms with Crippen LogP contribution in [0.5, 0.6) is 5.75 Å². The second-order valence-corrected chi connectivity index (χ2v) is 4.70. The summed E-state index contributed by atoms with van der Waals surface area (Å²) in [6.45, 7) is -1.19. The molecule has 0 atom stereocenters. The summed E-state index contributed by atoms with van der Waals surface area (Å²) in [5.41, 5.74) is 0.0822. The van der Waals surface area contributed by atoms with Gasteiger partial charge in [-0.25, -0.2) is 4.79 Å². The van der Waals surface area contributed by atoms with Gasteiger partial charge >= 0.3 is 12.6 Å². The van der Waals surface area contributed by atoms with E-state index in [1.54, 1.807) is 6.92 Å². The van der Waals surface area contributed by atoms with Crippen LogP contribution in [-0.2, 0) is 4.74 Å². The average molecular weight is 352 g/mol. The summed E-state index contributed by atoms with van der Waals surface area (Å²) in [7, 11) is 0. The minimum atomic E-state index is -2.97. The van der Waals surface area contributed by atoms with Gasteiger partial charge in [0.2, 0.25) is 5.69 Å². The van der Waals surface area contributed by atoms with Crippen molar-refractivity contribution in [3.05, 3.63) is 33.9 Å². The number of hydrogen-bond acceptors (Lipinski definition) is 5. The van der Waals surface area contributed by atoms with Crippen LogP contribution in [0.1, 0.15) is 17.4 Å². The zero-order valence-electron chi connectivity index (χ0n) is 11.1. The normalized spacial score (nSPS) is 10.8. The Bertz CT molecular complexity index is 691. The molecule has 0 radical (unpaired) electrons. The Morgan fingerprint density at radius 3 is 2.73 bits per heavy atom. The van der Waals surface area contributed by atoms with Crippen LogP contribution < -0.4 is 4.74 Å². The van der Waals surface area contributed by atoms with Gasteiger partial charge < -0.3 is 14.0 Å². The number of ether oxygens (including phenoxy) is 2. The maximum Gasteiger partial charge on any atom is 0.387 e. The lowest BCUT2D eigenvalue weighted by molar-refractivity contribution is -0.0498. The molecule has 0 unspecified atom stereocenters. The van der Waals surface area contributed by atoms with Crippen molar-refractivity contribution in [2.75, 3.05) is 6.61 Å². The van der Waals surface area contributed by atoms with E-state index in [0.717, 1.165) is 0 Å². The van der Waals surface area contributed by atoms with Gasteiger partial charge in [0.15, 0.2) is 5.76 Å². The molecule has 0 saturated carbocycles. The molecule has 2 aromatic rings. The predicted octanol–water partition coefficient (Wildman–Crippen LogP) is 4.43. The number of benzene rings is 1. The Kier molecular flexibility index (Phi) is 5.20. The molecule has 9 heteroatoms. The monoisotopic (exact) mass is 351 g/mol. The average Bonchev–Trinajstić information content (AvgIpc) is 2.80. The first kappa shape index (κ1) is 16.5. The van der Waals surface area contributed by atoms with Crippen molar-refractivity contribution >= 4 is 29.2 Å². The number of hydrogen-bond donors (Lipinski definition) is 0. The number of nitrogens with zero attached hydrogens (tertiary/aromatic N) is 1. The van der Waals surface area contributed by atoms with Crippen molar-refractivity contribution in [1.82, 2.24) is 5.16 Å². The summed E-state index contributed by atoms with van der Waals surface area (Å²) in [6.07, 6.45) is 0. The third kappa shape index (κ3) is 3.48. The molecule has 0 aliphatic rings. The highest BCUT2D eigenvalue weighted by molar-refractivity contribution is 6.37. The first-order valence-corrected chi connectivity index (χ1v) is 6.76. The Morgan fingerprint density at radius 1 is 1.41 bits per heavy atom. The molecule has 0 bridgehead atoms. The SMILES string of the molecule is CCOC(=O)c1noc(-c2ccc(OC(F)F)cc2Cl)c1Cl. The van der Waals surface area contributed by atoms with E-state index in [4.69, 9.17) is 32.5 Å². The number of esters is 1. The fourth-order valence-corrected chi connectivity index (χ4v) is 2.13. The molecular weight excluding hydrogens is 343 g/mol. The van der Waals surface area contributed by atoms with Crippen molar-refractivity contribution < 1.29 is 27.6 Å². The van der Waals surface area contributed by atoms with E-state index in [0.29, 0.717) is 0 Å². The quantitative estimate of drug-likeness (QED) is 0.745. The summed E-state index contributed by atoms with van der Waals surface area (Å²) >= 11 is 12.0. The van der Waals surface area contributed by atoms with E-state index >= 15 is 0 Å². The molecular formula is C13H9Cl2F2NO4. The smallest absolute Gasteiger partial charge is 0.387 e. The molecule has 0 aliphatic heterocycles. The molecule has 2 rings (SSSR count). The highest BCUT2D eigenvalue weighted by Crippen LogP contribution is 2.37. The molecule has 118 valence electrons. The van der Waals surface area contributed by atoms with Crippen molar-refractivity contribution in [3.8, 4) is 17.1 Å². The van der Waals surface area contributed by atoms with Gasteiger partial charge in [0, 0.05) is 5.56 Å². The maximum atomic E-state index is 12.1. The van der Waals surface area contributed by atoms with Crippen molar-refractivity contribution in [3.63, 3.8) is 0 Å². The van der Waals surface area contributed by atoms with Gasteiger partial charge in [0.25, 0.3) is 0 Å². The first-order chi connectivity index (χ1) is 10.4. The molecule has 1 aromatic heterocycles. The van der Waals surface area contributed by atoms with Crippen LogP contribution in [0, 0.1) is 0 Å². The zero-order valence-corrected chi connectivity index (χ0v) is 12.6. The summed E-state index contributed by atoms with van der Waals surface area (Å²) in [6, 6.07) is 3.80. The van der Waals surface area contributed by atoms with Crippen LogP contribution in [0.25, 0.3) is 11.3 Å². The number of carbonyl (C=O) groups is 1. The van der Waals surface area contributed by atoms with Gasteiger partial charge in [0.05, 0.1) is 11.6 Å². The molecule has 1 aromatic carbocycles. The van der Waals surface area contributed by atoms with Crippen LogP contribution in [0.3, 0.4) is 0 Å². The molecule has 0 spiro atoms. The molecule has 0 N–H and O–H groups in total. The van der Waals surface area contributed by atoms with Crippen LogP contribution in [0.4, 0.5) is 8.78 Å².